The largest absolute Gasteiger partial charge is 0.490 e. The van der Waals surface area contributed by atoms with Crippen molar-refractivity contribution in [1.29, 1.82) is 0 Å². The zero-order valence-electron chi connectivity index (χ0n) is 10.3. The molecule has 0 spiro atoms. The van der Waals surface area contributed by atoms with Crippen LogP contribution in [0.5, 0.6) is 5.75 Å². The number of hydrogen-bond acceptors (Lipinski definition) is 3. The van der Waals surface area contributed by atoms with Crippen LogP contribution in [0.15, 0.2) is 36.9 Å². The zero-order chi connectivity index (χ0) is 12.7. The third kappa shape index (κ3) is 3.94. The maximum absolute atomic E-state index is 11.5. The first-order valence-corrected chi connectivity index (χ1v) is 5.69. The van der Waals surface area contributed by atoms with Crippen molar-refractivity contribution < 1.29 is 14.3 Å². The highest BCUT2D eigenvalue weighted by molar-refractivity contribution is 5.77. The van der Waals surface area contributed by atoms with Crippen molar-refractivity contribution >= 4 is 5.97 Å². The van der Waals surface area contributed by atoms with Crippen molar-refractivity contribution in [2.75, 3.05) is 13.2 Å². The highest BCUT2D eigenvalue weighted by Crippen LogP contribution is 2.20. The molecule has 0 saturated heterocycles. The van der Waals surface area contributed by atoms with E-state index in [0.717, 1.165) is 11.3 Å². The summed E-state index contributed by atoms with van der Waals surface area (Å²) in [5.41, 5.74) is 0.925. The SMILES string of the molecule is C=CCOc1ccc(C(C)C(=O)OCC)cc1. The highest BCUT2D eigenvalue weighted by Gasteiger charge is 2.15. The molecule has 0 aliphatic rings. The molecule has 3 heteroatoms. The lowest BCUT2D eigenvalue weighted by Crippen LogP contribution is -2.12. The smallest absolute Gasteiger partial charge is 0.313 e. The van der Waals surface area contributed by atoms with Crippen LogP contribution in [0.25, 0.3) is 0 Å². The Hall–Kier alpha value is -1.77. The molecule has 1 unspecified atom stereocenters. The molecule has 1 aromatic carbocycles. The molecule has 1 atom stereocenters. The minimum Gasteiger partial charge on any atom is -0.490 e. The van der Waals surface area contributed by atoms with E-state index in [1.165, 1.54) is 0 Å². The standard InChI is InChI=1S/C14H18O3/c1-4-10-17-13-8-6-12(7-9-13)11(3)14(15)16-5-2/h4,6-9,11H,1,5,10H2,2-3H3. The number of ether oxygens (including phenoxy) is 2. The van der Waals surface area contributed by atoms with E-state index in [9.17, 15) is 4.79 Å². The van der Waals surface area contributed by atoms with E-state index in [0.29, 0.717) is 13.2 Å². The Kier molecular flexibility index (Phi) is 5.27. The summed E-state index contributed by atoms with van der Waals surface area (Å²) in [6.07, 6.45) is 1.69. The summed E-state index contributed by atoms with van der Waals surface area (Å²) < 4.78 is 10.3. The Morgan fingerprint density at radius 3 is 2.59 bits per heavy atom. The molecular formula is C14H18O3. The van der Waals surface area contributed by atoms with E-state index in [1.807, 2.05) is 31.2 Å². The van der Waals surface area contributed by atoms with Crippen LogP contribution in [0, 0.1) is 0 Å². The van der Waals surface area contributed by atoms with Gasteiger partial charge in [0.05, 0.1) is 12.5 Å². The van der Waals surface area contributed by atoms with Gasteiger partial charge in [-0.25, -0.2) is 0 Å². The number of hydrogen-bond donors (Lipinski definition) is 0. The molecule has 0 radical (unpaired) electrons. The van der Waals surface area contributed by atoms with Crippen LogP contribution >= 0.6 is 0 Å². The molecule has 0 saturated carbocycles. The number of benzene rings is 1. The van der Waals surface area contributed by atoms with Crippen molar-refractivity contribution in [2.45, 2.75) is 19.8 Å². The summed E-state index contributed by atoms with van der Waals surface area (Å²) in [7, 11) is 0. The fourth-order valence-corrected chi connectivity index (χ4v) is 1.41. The topological polar surface area (TPSA) is 35.5 Å². The Morgan fingerprint density at radius 2 is 2.06 bits per heavy atom. The third-order valence-electron chi connectivity index (χ3n) is 2.39. The molecule has 0 fully saturated rings. The molecule has 0 amide bonds. The van der Waals surface area contributed by atoms with Gasteiger partial charge in [-0.2, -0.15) is 0 Å². The van der Waals surface area contributed by atoms with Gasteiger partial charge in [0.15, 0.2) is 0 Å². The molecule has 0 heterocycles. The Balaban J connectivity index is 2.66. The van der Waals surface area contributed by atoms with Crippen LogP contribution < -0.4 is 4.74 Å². The monoisotopic (exact) mass is 234 g/mol. The van der Waals surface area contributed by atoms with Crippen LogP contribution in [0.2, 0.25) is 0 Å². The summed E-state index contributed by atoms with van der Waals surface area (Å²) >= 11 is 0. The minimum absolute atomic E-state index is 0.202. The van der Waals surface area contributed by atoms with Crippen molar-refractivity contribution in [3.05, 3.63) is 42.5 Å². The molecule has 3 nitrogen and oxygen atoms in total. The number of rotatable bonds is 6. The normalized spacial score (nSPS) is 11.6. The van der Waals surface area contributed by atoms with Crippen molar-refractivity contribution in [2.24, 2.45) is 0 Å². The average Bonchev–Trinajstić information content (AvgIpc) is 2.36. The van der Waals surface area contributed by atoms with E-state index >= 15 is 0 Å². The van der Waals surface area contributed by atoms with Crippen LogP contribution in [-0.4, -0.2) is 19.2 Å². The first-order valence-electron chi connectivity index (χ1n) is 5.69. The Bertz CT molecular complexity index is 368. The lowest BCUT2D eigenvalue weighted by molar-refractivity contribution is -0.144. The lowest BCUT2D eigenvalue weighted by Gasteiger charge is -2.11. The van der Waals surface area contributed by atoms with Gasteiger partial charge in [-0.15, -0.1) is 0 Å². The van der Waals surface area contributed by atoms with Gasteiger partial charge in [-0.05, 0) is 31.5 Å². The van der Waals surface area contributed by atoms with Gasteiger partial charge in [0.25, 0.3) is 0 Å². The first-order chi connectivity index (χ1) is 8.19. The fourth-order valence-electron chi connectivity index (χ4n) is 1.41. The number of carbonyl (C=O) groups is 1. The second-order valence-electron chi connectivity index (χ2n) is 3.64. The summed E-state index contributed by atoms with van der Waals surface area (Å²) in [5.74, 6) is 0.320. The predicted molar refractivity (Wildman–Crippen MR) is 67.2 cm³/mol. The first kappa shape index (κ1) is 13.3. The quantitative estimate of drug-likeness (QED) is 0.561. The average molecular weight is 234 g/mol. The lowest BCUT2D eigenvalue weighted by atomic mass is 10.0. The van der Waals surface area contributed by atoms with Gasteiger partial charge >= 0.3 is 5.97 Å². The second-order valence-corrected chi connectivity index (χ2v) is 3.64. The van der Waals surface area contributed by atoms with Gasteiger partial charge in [-0.3, -0.25) is 4.79 Å². The number of esters is 1. The third-order valence-corrected chi connectivity index (χ3v) is 2.39. The fraction of sp³-hybridized carbons (Fsp3) is 0.357. The van der Waals surface area contributed by atoms with Gasteiger partial charge < -0.3 is 9.47 Å². The molecule has 92 valence electrons. The highest BCUT2D eigenvalue weighted by atomic mass is 16.5. The summed E-state index contributed by atoms with van der Waals surface area (Å²) in [4.78, 5) is 11.5. The molecule has 1 rings (SSSR count). The number of carbonyl (C=O) groups excluding carboxylic acids is 1. The maximum atomic E-state index is 11.5. The van der Waals surface area contributed by atoms with Gasteiger partial charge in [0.2, 0.25) is 0 Å². The van der Waals surface area contributed by atoms with Crippen LogP contribution in [-0.2, 0) is 9.53 Å². The van der Waals surface area contributed by atoms with Crippen LogP contribution in [0.4, 0.5) is 0 Å². The van der Waals surface area contributed by atoms with Crippen molar-refractivity contribution in [3.8, 4) is 5.75 Å². The van der Waals surface area contributed by atoms with Crippen LogP contribution in [0.3, 0.4) is 0 Å². The Morgan fingerprint density at radius 1 is 1.41 bits per heavy atom. The minimum atomic E-state index is -0.247. The molecule has 0 aliphatic carbocycles. The van der Waals surface area contributed by atoms with E-state index in [2.05, 4.69) is 6.58 Å². The van der Waals surface area contributed by atoms with Gasteiger partial charge in [0, 0.05) is 0 Å². The van der Waals surface area contributed by atoms with E-state index in [-0.39, 0.29) is 11.9 Å². The summed E-state index contributed by atoms with van der Waals surface area (Å²) in [6.45, 7) is 8.10. The molecule has 1 aromatic rings. The molecular weight excluding hydrogens is 216 g/mol. The van der Waals surface area contributed by atoms with E-state index in [4.69, 9.17) is 9.47 Å². The maximum Gasteiger partial charge on any atom is 0.313 e. The molecule has 0 N–H and O–H groups in total. The second kappa shape index (κ2) is 6.74. The molecule has 0 aromatic heterocycles. The Labute approximate surface area is 102 Å². The van der Waals surface area contributed by atoms with Gasteiger partial charge in [0.1, 0.15) is 12.4 Å². The zero-order valence-corrected chi connectivity index (χ0v) is 10.3. The predicted octanol–water partition coefficient (Wildman–Crippen LogP) is 2.92. The molecule has 17 heavy (non-hydrogen) atoms. The van der Waals surface area contributed by atoms with Crippen molar-refractivity contribution in [1.82, 2.24) is 0 Å². The van der Waals surface area contributed by atoms with Gasteiger partial charge in [-0.1, -0.05) is 24.8 Å². The van der Waals surface area contributed by atoms with Crippen molar-refractivity contribution in [3.63, 3.8) is 0 Å². The van der Waals surface area contributed by atoms with E-state index in [1.54, 1.807) is 13.0 Å². The van der Waals surface area contributed by atoms with E-state index < -0.39 is 0 Å². The molecule has 0 aliphatic heterocycles. The van der Waals surface area contributed by atoms with Crippen LogP contribution in [0.1, 0.15) is 25.3 Å². The molecule has 0 bridgehead atoms. The summed E-state index contributed by atoms with van der Waals surface area (Å²) in [5, 5.41) is 0. The summed E-state index contributed by atoms with van der Waals surface area (Å²) in [6, 6.07) is 7.43.